The van der Waals surface area contributed by atoms with E-state index in [4.69, 9.17) is 0 Å². The summed E-state index contributed by atoms with van der Waals surface area (Å²) >= 11 is 0. The second kappa shape index (κ2) is 5.06. The largest absolute Gasteiger partial charge is 0.333 e. The summed E-state index contributed by atoms with van der Waals surface area (Å²) in [7, 11) is 0. The van der Waals surface area contributed by atoms with Crippen molar-refractivity contribution >= 4 is 5.91 Å². The lowest BCUT2D eigenvalue weighted by Gasteiger charge is -2.30. The van der Waals surface area contributed by atoms with Crippen molar-refractivity contribution in [3.05, 3.63) is 11.9 Å². The summed E-state index contributed by atoms with van der Waals surface area (Å²) in [4.78, 5) is 14.3. The minimum atomic E-state index is 0.0126. The minimum Gasteiger partial charge on any atom is -0.333 e. The molecule has 2 heterocycles. The van der Waals surface area contributed by atoms with Crippen LogP contribution in [0.2, 0.25) is 0 Å². The maximum Gasteiger partial charge on any atom is 0.276 e. The third kappa shape index (κ3) is 2.53. The third-order valence-corrected chi connectivity index (χ3v) is 3.71. The highest BCUT2D eigenvalue weighted by Crippen LogP contribution is 2.28. The van der Waals surface area contributed by atoms with E-state index in [2.05, 4.69) is 20.7 Å². The molecule has 1 aliphatic carbocycles. The Morgan fingerprint density at radius 2 is 2.28 bits per heavy atom. The molecule has 98 valence electrons. The fraction of sp³-hybridized carbons (Fsp3) is 0.750. The number of nitrogens with zero attached hydrogens (tertiary/aromatic N) is 3. The van der Waals surface area contributed by atoms with Crippen molar-refractivity contribution in [1.29, 1.82) is 0 Å². The van der Waals surface area contributed by atoms with Crippen molar-refractivity contribution in [2.24, 2.45) is 0 Å². The molecule has 6 heteroatoms. The van der Waals surface area contributed by atoms with E-state index in [9.17, 15) is 4.79 Å². The predicted molar refractivity (Wildman–Crippen MR) is 66.1 cm³/mol. The monoisotopic (exact) mass is 249 g/mol. The van der Waals surface area contributed by atoms with E-state index >= 15 is 0 Å². The summed E-state index contributed by atoms with van der Waals surface area (Å²) in [5.74, 6) is 0.0126. The first-order valence-corrected chi connectivity index (χ1v) is 6.75. The summed E-state index contributed by atoms with van der Waals surface area (Å²) in [5.41, 5.74) is 0.428. The molecule has 1 atom stereocenters. The molecule has 0 bridgehead atoms. The lowest BCUT2D eigenvalue weighted by molar-refractivity contribution is 0.0712. The number of aromatic nitrogens is 3. The van der Waals surface area contributed by atoms with Gasteiger partial charge in [0.25, 0.3) is 5.91 Å². The zero-order valence-electron chi connectivity index (χ0n) is 10.4. The number of carbonyl (C=O) groups is 1. The number of hydrogen-bond donors (Lipinski definition) is 2. The molecule has 1 aromatic heterocycles. The smallest absolute Gasteiger partial charge is 0.276 e. The molecular weight excluding hydrogens is 230 g/mol. The average molecular weight is 249 g/mol. The van der Waals surface area contributed by atoms with Crippen LogP contribution in [0.1, 0.15) is 42.6 Å². The van der Waals surface area contributed by atoms with E-state index in [1.165, 1.54) is 19.0 Å². The van der Waals surface area contributed by atoms with Crippen LogP contribution in [0.15, 0.2) is 6.20 Å². The molecule has 3 rings (SSSR count). The molecule has 1 unspecified atom stereocenters. The van der Waals surface area contributed by atoms with Crippen LogP contribution in [0.5, 0.6) is 0 Å². The van der Waals surface area contributed by atoms with E-state index in [1.807, 2.05) is 4.90 Å². The fourth-order valence-electron chi connectivity index (χ4n) is 2.55. The number of carbonyl (C=O) groups excluding carboxylic acids is 1. The highest BCUT2D eigenvalue weighted by molar-refractivity contribution is 5.92. The Morgan fingerprint density at radius 1 is 1.39 bits per heavy atom. The van der Waals surface area contributed by atoms with Gasteiger partial charge in [-0.1, -0.05) is 6.42 Å². The fourth-order valence-corrected chi connectivity index (χ4v) is 2.55. The molecule has 2 fully saturated rings. The molecule has 1 amide bonds. The van der Waals surface area contributed by atoms with Crippen LogP contribution in [0.25, 0.3) is 0 Å². The molecule has 1 aromatic rings. The van der Waals surface area contributed by atoms with Gasteiger partial charge >= 0.3 is 0 Å². The average Bonchev–Trinajstić information content (AvgIpc) is 3.10. The number of nitrogens with one attached hydrogen (secondary N) is 2. The SMILES string of the molecule is O=C(c1cn[nH]n1)N(CC1CCCCN1)C1CC1. The topological polar surface area (TPSA) is 73.9 Å². The zero-order chi connectivity index (χ0) is 12.4. The maximum atomic E-state index is 12.3. The van der Waals surface area contributed by atoms with E-state index in [1.54, 1.807) is 0 Å². The normalized spacial score (nSPS) is 23.9. The van der Waals surface area contributed by atoms with Crippen LogP contribution in [-0.4, -0.2) is 51.4 Å². The highest BCUT2D eigenvalue weighted by atomic mass is 16.2. The summed E-state index contributed by atoms with van der Waals surface area (Å²) < 4.78 is 0. The van der Waals surface area contributed by atoms with Crippen LogP contribution < -0.4 is 5.32 Å². The van der Waals surface area contributed by atoms with Crippen molar-refractivity contribution < 1.29 is 4.79 Å². The Balaban J connectivity index is 1.66. The lowest BCUT2D eigenvalue weighted by Crippen LogP contribution is -2.46. The second-order valence-corrected chi connectivity index (χ2v) is 5.19. The number of hydrogen-bond acceptors (Lipinski definition) is 4. The van der Waals surface area contributed by atoms with E-state index in [0.717, 1.165) is 32.4 Å². The summed E-state index contributed by atoms with van der Waals surface area (Å²) in [6, 6.07) is 0.855. The third-order valence-electron chi connectivity index (χ3n) is 3.71. The van der Waals surface area contributed by atoms with Gasteiger partial charge in [0.15, 0.2) is 5.69 Å². The van der Waals surface area contributed by atoms with Crippen molar-refractivity contribution in [2.45, 2.75) is 44.2 Å². The summed E-state index contributed by atoms with van der Waals surface area (Å²) in [6.45, 7) is 1.87. The number of piperidine rings is 1. The zero-order valence-corrected chi connectivity index (χ0v) is 10.4. The Morgan fingerprint density at radius 3 is 2.89 bits per heavy atom. The van der Waals surface area contributed by atoms with E-state index in [-0.39, 0.29) is 5.91 Å². The van der Waals surface area contributed by atoms with Crippen molar-refractivity contribution in [3.8, 4) is 0 Å². The van der Waals surface area contributed by atoms with Gasteiger partial charge < -0.3 is 10.2 Å². The summed E-state index contributed by atoms with van der Waals surface area (Å²) in [5, 5.41) is 13.6. The molecule has 1 saturated heterocycles. The van der Waals surface area contributed by atoms with Crippen molar-refractivity contribution in [1.82, 2.24) is 25.6 Å². The Kier molecular flexibility index (Phi) is 3.27. The van der Waals surface area contributed by atoms with Gasteiger partial charge in [0.05, 0.1) is 6.20 Å². The molecule has 1 aliphatic heterocycles. The van der Waals surface area contributed by atoms with Gasteiger partial charge in [0, 0.05) is 18.6 Å². The first-order valence-electron chi connectivity index (χ1n) is 6.75. The molecular formula is C12H19N5O. The Hall–Kier alpha value is -1.43. The molecule has 6 nitrogen and oxygen atoms in total. The Bertz CT molecular complexity index is 395. The maximum absolute atomic E-state index is 12.3. The number of aromatic amines is 1. The van der Waals surface area contributed by atoms with Crippen LogP contribution in [0.3, 0.4) is 0 Å². The van der Waals surface area contributed by atoms with Gasteiger partial charge in [-0.3, -0.25) is 4.79 Å². The predicted octanol–water partition coefficient (Wildman–Crippen LogP) is 0.551. The van der Waals surface area contributed by atoms with Gasteiger partial charge in [-0.05, 0) is 32.2 Å². The molecule has 0 radical (unpaired) electrons. The van der Waals surface area contributed by atoms with Gasteiger partial charge in [-0.2, -0.15) is 15.4 Å². The second-order valence-electron chi connectivity index (χ2n) is 5.19. The first-order chi connectivity index (χ1) is 8.84. The van der Waals surface area contributed by atoms with Gasteiger partial charge in [0.1, 0.15) is 0 Å². The first kappa shape index (κ1) is 11.6. The van der Waals surface area contributed by atoms with Gasteiger partial charge in [0.2, 0.25) is 0 Å². The van der Waals surface area contributed by atoms with Crippen LogP contribution >= 0.6 is 0 Å². The van der Waals surface area contributed by atoms with E-state index in [0.29, 0.717) is 17.8 Å². The molecule has 1 saturated carbocycles. The van der Waals surface area contributed by atoms with Gasteiger partial charge in [-0.15, -0.1) is 0 Å². The quantitative estimate of drug-likeness (QED) is 0.817. The highest BCUT2D eigenvalue weighted by Gasteiger charge is 2.35. The number of H-pyrrole nitrogens is 1. The number of amides is 1. The van der Waals surface area contributed by atoms with Crippen molar-refractivity contribution in [2.75, 3.05) is 13.1 Å². The summed E-state index contributed by atoms with van der Waals surface area (Å²) in [6.07, 6.45) is 7.42. The number of rotatable bonds is 4. The lowest BCUT2D eigenvalue weighted by atomic mass is 10.0. The van der Waals surface area contributed by atoms with Crippen LogP contribution in [0, 0.1) is 0 Å². The van der Waals surface area contributed by atoms with Crippen LogP contribution in [0.4, 0.5) is 0 Å². The minimum absolute atomic E-state index is 0.0126. The van der Waals surface area contributed by atoms with E-state index < -0.39 is 0 Å². The standard InChI is InChI=1S/C12H19N5O/c18-12(11-7-14-16-15-11)17(10-4-5-10)8-9-3-1-2-6-13-9/h7,9-10,13H,1-6,8H2,(H,14,15,16). The van der Waals surface area contributed by atoms with Crippen molar-refractivity contribution in [3.63, 3.8) is 0 Å². The molecule has 18 heavy (non-hydrogen) atoms. The van der Waals surface area contributed by atoms with Crippen LogP contribution in [-0.2, 0) is 0 Å². The Labute approximate surface area is 106 Å². The molecule has 0 aromatic carbocycles. The van der Waals surface area contributed by atoms with Gasteiger partial charge in [-0.25, -0.2) is 0 Å². The molecule has 2 N–H and O–H groups in total. The molecule has 2 aliphatic rings. The molecule has 0 spiro atoms.